The molecule has 0 saturated carbocycles. The van der Waals surface area contributed by atoms with E-state index in [0.717, 1.165) is 0 Å². The van der Waals surface area contributed by atoms with Crippen molar-refractivity contribution in [1.29, 1.82) is 0 Å². The number of aromatic carboxylic acids is 1. The summed E-state index contributed by atoms with van der Waals surface area (Å²) in [6.07, 6.45) is 4.10. The Kier molecular flexibility index (Phi) is 3.90. The SMILES string of the molecule is COc1ccc(NC(=O)c2cnccn2)c(C(=O)O)c1. The van der Waals surface area contributed by atoms with E-state index in [-0.39, 0.29) is 16.9 Å². The summed E-state index contributed by atoms with van der Waals surface area (Å²) in [5.74, 6) is -1.32. The first-order valence-electron chi connectivity index (χ1n) is 5.60. The van der Waals surface area contributed by atoms with Gasteiger partial charge in [-0.2, -0.15) is 0 Å². The fourth-order valence-corrected chi connectivity index (χ4v) is 1.54. The molecule has 0 bridgehead atoms. The van der Waals surface area contributed by atoms with Gasteiger partial charge in [0.05, 0.1) is 24.6 Å². The van der Waals surface area contributed by atoms with Crippen LogP contribution in [0.4, 0.5) is 5.69 Å². The van der Waals surface area contributed by atoms with Gasteiger partial charge in [0, 0.05) is 12.4 Å². The van der Waals surface area contributed by atoms with Crippen molar-refractivity contribution in [1.82, 2.24) is 9.97 Å². The summed E-state index contributed by atoms with van der Waals surface area (Å²) >= 11 is 0. The van der Waals surface area contributed by atoms with Crippen LogP contribution >= 0.6 is 0 Å². The van der Waals surface area contributed by atoms with Crippen LogP contribution in [0.3, 0.4) is 0 Å². The fourth-order valence-electron chi connectivity index (χ4n) is 1.54. The van der Waals surface area contributed by atoms with Crippen LogP contribution in [0.2, 0.25) is 0 Å². The third kappa shape index (κ3) is 2.89. The third-order valence-electron chi connectivity index (χ3n) is 2.50. The number of carbonyl (C=O) groups is 2. The zero-order valence-corrected chi connectivity index (χ0v) is 10.5. The summed E-state index contributed by atoms with van der Waals surface area (Å²) in [6, 6.07) is 4.34. The summed E-state index contributed by atoms with van der Waals surface area (Å²) < 4.78 is 4.95. The molecule has 0 saturated heterocycles. The third-order valence-corrected chi connectivity index (χ3v) is 2.50. The lowest BCUT2D eigenvalue weighted by atomic mass is 10.1. The number of hydrogen-bond acceptors (Lipinski definition) is 5. The molecular formula is C13H11N3O4. The average Bonchev–Trinajstić information content (AvgIpc) is 2.48. The maximum Gasteiger partial charge on any atom is 0.337 e. The summed E-state index contributed by atoms with van der Waals surface area (Å²) in [4.78, 5) is 30.7. The molecular weight excluding hydrogens is 262 g/mol. The number of carboxylic acids is 1. The van der Waals surface area contributed by atoms with Crippen LogP contribution in [0.15, 0.2) is 36.8 Å². The van der Waals surface area contributed by atoms with E-state index in [1.807, 2.05) is 0 Å². The second-order valence-electron chi connectivity index (χ2n) is 3.76. The second kappa shape index (κ2) is 5.79. The van der Waals surface area contributed by atoms with Gasteiger partial charge in [0.1, 0.15) is 11.4 Å². The molecule has 7 heteroatoms. The van der Waals surface area contributed by atoms with Crippen molar-refractivity contribution in [2.45, 2.75) is 0 Å². The molecule has 0 unspecified atom stereocenters. The Balaban J connectivity index is 2.29. The first-order chi connectivity index (χ1) is 9.61. The van der Waals surface area contributed by atoms with Crippen molar-refractivity contribution < 1.29 is 19.4 Å². The normalized spacial score (nSPS) is 9.85. The molecule has 20 heavy (non-hydrogen) atoms. The number of nitrogens with one attached hydrogen (secondary N) is 1. The monoisotopic (exact) mass is 273 g/mol. The molecule has 0 atom stereocenters. The molecule has 1 amide bonds. The summed E-state index contributed by atoms with van der Waals surface area (Å²) in [7, 11) is 1.43. The molecule has 7 nitrogen and oxygen atoms in total. The Hall–Kier alpha value is -2.96. The number of benzene rings is 1. The Morgan fingerprint density at radius 1 is 1.30 bits per heavy atom. The molecule has 0 aliphatic rings. The van der Waals surface area contributed by atoms with Crippen LogP contribution in [0.1, 0.15) is 20.8 Å². The number of nitrogens with zero attached hydrogens (tertiary/aromatic N) is 2. The molecule has 2 rings (SSSR count). The van der Waals surface area contributed by atoms with Gasteiger partial charge in [-0.3, -0.25) is 9.78 Å². The van der Waals surface area contributed by atoms with Crippen LogP contribution in [-0.4, -0.2) is 34.1 Å². The molecule has 0 fully saturated rings. The van der Waals surface area contributed by atoms with Crippen molar-refractivity contribution in [3.8, 4) is 5.75 Å². The van der Waals surface area contributed by atoms with Crippen molar-refractivity contribution in [2.24, 2.45) is 0 Å². The van der Waals surface area contributed by atoms with Crippen molar-refractivity contribution in [3.05, 3.63) is 48.0 Å². The van der Waals surface area contributed by atoms with E-state index >= 15 is 0 Å². The van der Waals surface area contributed by atoms with Crippen molar-refractivity contribution >= 4 is 17.6 Å². The molecule has 1 heterocycles. The van der Waals surface area contributed by atoms with Gasteiger partial charge in [-0.25, -0.2) is 9.78 Å². The summed E-state index contributed by atoms with van der Waals surface area (Å²) in [5, 5.41) is 11.6. The first-order valence-corrected chi connectivity index (χ1v) is 5.60. The number of methoxy groups -OCH3 is 1. The molecule has 102 valence electrons. The highest BCUT2D eigenvalue weighted by molar-refractivity contribution is 6.06. The fraction of sp³-hybridized carbons (Fsp3) is 0.0769. The van der Waals surface area contributed by atoms with E-state index in [1.54, 1.807) is 6.07 Å². The maximum absolute atomic E-state index is 11.9. The number of ether oxygens (including phenoxy) is 1. The van der Waals surface area contributed by atoms with Crippen LogP contribution < -0.4 is 10.1 Å². The molecule has 1 aromatic heterocycles. The lowest BCUT2D eigenvalue weighted by Crippen LogP contribution is -2.16. The largest absolute Gasteiger partial charge is 0.497 e. The average molecular weight is 273 g/mol. The number of hydrogen-bond donors (Lipinski definition) is 2. The van der Waals surface area contributed by atoms with Gasteiger partial charge in [0.15, 0.2) is 0 Å². The van der Waals surface area contributed by atoms with E-state index in [9.17, 15) is 9.59 Å². The Morgan fingerprint density at radius 3 is 2.70 bits per heavy atom. The molecule has 0 aliphatic heterocycles. The lowest BCUT2D eigenvalue weighted by Gasteiger charge is -2.09. The summed E-state index contributed by atoms with van der Waals surface area (Å²) in [6.45, 7) is 0. The zero-order valence-electron chi connectivity index (χ0n) is 10.5. The maximum atomic E-state index is 11.9. The number of aromatic nitrogens is 2. The molecule has 0 spiro atoms. The molecule has 0 aliphatic carbocycles. The van der Waals surface area contributed by atoms with Gasteiger partial charge in [-0.15, -0.1) is 0 Å². The van der Waals surface area contributed by atoms with Crippen molar-refractivity contribution in [3.63, 3.8) is 0 Å². The predicted octanol–water partition coefficient (Wildman–Crippen LogP) is 1.44. The van der Waals surface area contributed by atoms with Crippen LogP contribution in [0.25, 0.3) is 0 Å². The van der Waals surface area contributed by atoms with Crippen LogP contribution in [0.5, 0.6) is 5.75 Å². The van der Waals surface area contributed by atoms with E-state index < -0.39 is 11.9 Å². The zero-order chi connectivity index (χ0) is 14.5. The smallest absolute Gasteiger partial charge is 0.337 e. The Morgan fingerprint density at radius 2 is 2.10 bits per heavy atom. The van der Waals surface area contributed by atoms with Gasteiger partial charge in [0.2, 0.25) is 0 Å². The number of carboxylic acid groups (broad SMARTS) is 1. The topological polar surface area (TPSA) is 101 Å². The Bertz CT molecular complexity index is 643. The Labute approximate surface area is 114 Å². The lowest BCUT2D eigenvalue weighted by molar-refractivity contribution is 0.0697. The van der Waals surface area contributed by atoms with Gasteiger partial charge in [-0.05, 0) is 18.2 Å². The summed E-state index contributed by atoms with van der Waals surface area (Å²) in [5.41, 5.74) is 0.190. The molecule has 0 radical (unpaired) electrons. The highest BCUT2D eigenvalue weighted by atomic mass is 16.5. The molecule has 2 N–H and O–H groups in total. The second-order valence-corrected chi connectivity index (χ2v) is 3.76. The highest BCUT2D eigenvalue weighted by Crippen LogP contribution is 2.22. The predicted molar refractivity (Wildman–Crippen MR) is 69.9 cm³/mol. The van der Waals surface area contributed by atoms with Crippen LogP contribution in [-0.2, 0) is 0 Å². The molecule has 2 aromatic rings. The highest BCUT2D eigenvalue weighted by Gasteiger charge is 2.15. The van der Waals surface area contributed by atoms with Gasteiger partial charge >= 0.3 is 5.97 Å². The number of amides is 1. The van der Waals surface area contributed by atoms with E-state index in [2.05, 4.69) is 15.3 Å². The minimum atomic E-state index is -1.17. The first kappa shape index (κ1) is 13.5. The van der Waals surface area contributed by atoms with Crippen LogP contribution in [0, 0.1) is 0 Å². The number of rotatable bonds is 4. The minimum absolute atomic E-state index is 0.0680. The van der Waals surface area contributed by atoms with E-state index in [1.165, 1.54) is 37.8 Å². The minimum Gasteiger partial charge on any atom is -0.497 e. The standard InChI is InChI=1S/C13H11N3O4/c1-20-8-2-3-10(9(6-8)13(18)19)16-12(17)11-7-14-4-5-15-11/h2-7H,1H3,(H,16,17)(H,18,19). The molecule has 1 aromatic carbocycles. The van der Waals surface area contributed by atoms with E-state index in [0.29, 0.717) is 5.75 Å². The van der Waals surface area contributed by atoms with E-state index in [4.69, 9.17) is 9.84 Å². The quantitative estimate of drug-likeness (QED) is 0.873. The van der Waals surface area contributed by atoms with Gasteiger partial charge in [0.25, 0.3) is 5.91 Å². The van der Waals surface area contributed by atoms with Gasteiger partial charge < -0.3 is 15.2 Å². The number of anilines is 1. The van der Waals surface area contributed by atoms with Gasteiger partial charge in [-0.1, -0.05) is 0 Å². The number of carbonyl (C=O) groups excluding carboxylic acids is 1. The van der Waals surface area contributed by atoms with Crippen molar-refractivity contribution in [2.75, 3.05) is 12.4 Å².